The summed E-state index contributed by atoms with van der Waals surface area (Å²) in [5.74, 6) is 0. The Balaban J connectivity index is 0.000000574. The van der Waals surface area contributed by atoms with Crippen molar-refractivity contribution in [1.29, 1.82) is 0 Å². The van der Waals surface area contributed by atoms with Gasteiger partial charge in [-0.2, -0.15) is 0 Å². The largest absolute Gasteiger partial charge is 0.307 e. The molecule has 0 spiro atoms. The summed E-state index contributed by atoms with van der Waals surface area (Å²) in [5, 5.41) is 1.53. The van der Waals surface area contributed by atoms with E-state index < -0.39 is 0 Å². The van der Waals surface area contributed by atoms with Crippen molar-refractivity contribution in [2.75, 3.05) is 0 Å². The Morgan fingerprint density at radius 3 is 2.33 bits per heavy atom. The van der Waals surface area contributed by atoms with Crippen LogP contribution >= 0.6 is 20.2 Å². The number of carbonyl (C=O) groups is 1. The van der Waals surface area contributed by atoms with Gasteiger partial charge < -0.3 is 4.79 Å². The van der Waals surface area contributed by atoms with Crippen molar-refractivity contribution in [3.05, 3.63) is 34.9 Å². The molecule has 2 fully saturated rings. The molecule has 0 amide bonds. The lowest BCUT2D eigenvalue weighted by Crippen LogP contribution is -2.18. The Hall–Kier alpha value is -0.390. The molecule has 1 saturated heterocycles. The average Bonchev–Trinajstić information content (AvgIpc) is 3.03. The Morgan fingerprint density at radius 1 is 1.28 bits per heavy atom. The van der Waals surface area contributed by atoms with Crippen LogP contribution in [0.4, 0.5) is 0 Å². The molecule has 1 nitrogen and oxygen atoms in total. The Morgan fingerprint density at radius 2 is 1.89 bits per heavy atom. The van der Waals surface area contributed by atoms with Gasteiger partial charge in [0, 0.05) is 5.02 Å². The second-order valence-corrected chi connectivity index (χ2v) is 8.32. The average molecular weight is 283 g/mol. The number of rotatable bonds is 2. The van der Waals surface area contributed by atoms with E-state index >= 15 is 0 Å². The highest BCUT2D eigenvalue weighted by Crippen LogP contribution is 2.75. The normalized spacial score (nSPS) is 32.5. The summed E-state index contributed by atoms with van der Waals surface area (Å²) in [4.78, 5) is 8.00. The van der Waals surface area contributed by atoms with Crippen LogP contribution in [0.2, 0.25) is 5.02 Å². The molecule has 3 atom stereocenters. The summed E-state index contributed by atoms with van der Waals surface area (Å²) < 4.78 is 0. The van der Waals surface area contributed by atoms with Gasteiger partial charge in [-0.3, -0.25) is 0 Å². The lowest BCUT2D eigenvalue weighted by atomic mass is 9.89. The number of hydrogen-bond donors (Lipinski definition) is 0. The quantitative estimate of drug-likeness (QED) is 0.739. The molecule has 3 rings (SSSR count). The van der Waals surface area contributed by atoms with Gasteiger partial charge in [-0.25, -0.2) is 0 Å². The zero-order chi connectivity index (χ0) is 13.4. The second-order valence-electron chi connectivity index (χ2n) is 6.03. The fourth-order valence-corrected chi connectivity index (χ4v) is 5.67. The molecule has 2 unspecified atom stereocenters. The Kier molecular flexibility index (Phi) is 3.85. The van der Waals surface area contributed by atoms with Crippen molar-refractivity contribution in [3.8, 4) is 0 Å². The lowest BCUT2D eigenvalue weighted by Gasteiger charge is -2.17. The summed E-state index contributed by atoms with van der Waals surface area (Å²) in [6, 6.07) is 8.44. The van der Waals surface area contributed by atoms with E-state index in [0.29, 0.717) is 10.6 Å². The predicted molar refractivity (Wildman–Crippen MR) is 80.1 cm³/mol. The van der Waals surface area contributed by atoms with Crippen molar-refractivity contribution in [2.45, 2.75) is 43.9 Å². The highest BCUT2D eigenvalue weighted by Gasteiger charge is 2.64. The molecule has 1 saturated carbocycles. The Labute approximate surface area is 116 Å². The standard InChI is InChI=1S/C14H18ClP.CH2O/c1-13(2)7-8-14(12(13)16-14)9-10-3-5-11(15)6-4-10;1-2/h3-6,12,16H,7-9H2,1-2H3;1H2/t12?,14-;/m1./s1. The van der Waals surface area contributed by atoms with Gasteiger partial charge in [0.2, 0.25) is 0 Å². The van der Waals surface area contributed by atoms with Crippen LogP contribution in [0.1, 0.15) is 32.3 Å². The molecule has 0 aromatic heterocycles. The van der Waals surface area contributed by atoms with E-state index in [2.05, 4.69) is 26.0 Å². The third kappa shape index (κ3) is 2.49. The minimum Gasteiger partial charge on any atom is -0.307 e. The van der Waals surface area contributed by atoms with Gasteiger partial charge in [-0.15, -0.1) is 8.58 Å². The first-order valence-electron chi connectivity index (χ1n) is 6.33. The predicted octanol–water partition coefficient (Wildman–Crippen LogP) is 4.32. The molecule has 1 aromatic carbocycles. The maximum Gasteiger partial charge on any atom is 0.106 e. The molecular formula is C15H20ClOP. The van der Waals surface area contributed by atoms with Crippen molar-refractivity contribution in [3.63, 3.8) is 0 Å². The van der Waals surface area contributed by atoms with E-state index in [9.17, 15) is 0 Å². The van der Waals surface area contributed by atoms with E-state index in [0.717, 1.165) is 10.7 Å². The van der Waals surface area contributed by atoms with Gasteiger partial charge >= 0.3 is 0 Å². The van der Waals surface area contributed by atoms with Crippen LogP contribution in [-0.4, -0.2) is 17.6 Å². The van der Waals surface area contributed by atoms with E-state index in [1.807, 2.05) is 18.9 Å². The monoisotopic (exact) mass is 282 g/mol. The summed E-state index contributed by atoms with van der Waals surface area (Å²) >= 11 is 5.92. The maximum absolute atomic E-state index is 8.00. The summed E-state index contributed by atoms with van der Waals surface area (Å²) in [6.45, 7) is 6.89. The van der Waals surface area contributed by atoms with E-state index in [1.165, 1.54) is 33.4 Å². The van der Waals surface area contributed by atoms with Crippen molar-refractivity contribution >= 4 is 27.0 Å². The number of fused-ring (bicyclic) bond motifs is 1. The third-order valence-corrected chi connectivity index (χ3v) is 7.18. The summed E-state index contributed by atoms with van der Waals surface area (Å²) in [5.41, 5.74) is 3.07. The molecule has 0 radical (unpaired) electrons. The molecule has 3 heteroatoms. The molecule has 0 N–H and O–H groups in total. The second kappa shape index (κ2) is 4.94. The van der Waals surface area contributed by atoms with E-state index in [4.69, 9.17) is 16.4 Å². The van der Waals surface area contributed by atoms with Crippen molar-refractivity contribution in [1.82, 2.24) is 0 Å². The molecule has 2 aliphatic rings. The number of benzene rings is 1. The zero-order valence-electron chi connectivity index (χ0n) is 11.0. The molecule has 1 aliphatic carbocycles. The highest BCUT2D eigenvalue weighted by molar-refractivity contribution is 7.50. The fraction of sp³-hybridized carbons (Fsp3) is 0.533. The first-order valence-corrected chi connectivity index (χ1v) is 7.78. The fourth-order valence-electron chi connectivity index (χ4n) is 3.30. The highest BCUT2D eigenvalue weighted by atomic mass is 35.5. The number of hydrogen-bond acceptors (Lipinski definition) is 1. The van der Waals surface area contributed by atoms with Crippen LogP contribution in [0.25, 0.3) is 0 Å². The van der Waals surface area contributed by atoms with Gasteiger partial charge in [0.15, 0.2) is 0 Å². The van der Waals surface area contributed by atoms with Crippen LogP contribution in [0, 0.1) is 5.41 Å². The SMILES string of the molecule is C=O.CC1(C)CC[C@]2(Cc3ccc(Cl)cc3)PC12. The van der Waals surface area contributed by atoms with Crippen molar-refractivity contribution < 1.29 is 4.79 Å². The van der Waals surface area contributed by atoms with Gasteiger partial charge in [-0.05, 0) is 53.2 Å². The van der Waals surface area contributed by atoms with Gasteiger partial charge in [0.05, 0.1) is 0 Å². The molecule has 1 aromatic rings. The molecular weight excluding hydrogens is 263 g/mol. The molecule has 18 heavy (non-hydrogen) atoms. The molecule has 0 bridgehead atoms. The van der Waals surface area contributed by atoms with Gasteiger partial charge in [-0.1, -0.05) is 37.6 Å². The minimum absolute atomic E-state index is 0.602. The van der Waals surface area contributed by atoms with Gasteiger partial charge in [0.25, 0.3) is 0 Å². The van der Waals surface area contributed by atoms with Crippen LogP contribution in [0.5, 0.6) is 0 Å². The third-order valence-electron chi connectivity index (χ3n) is 4.33. The van der Waals surface area contributed by atoms with Gasteiger partial charge in [0.1, 0.15) is 6.79 Å². The van der Waals surface area contributed by atoms with E-state index in [-0.39, 0.29) is 0 Å². The summed E-state index contributed by atoms with van der Waals surface area (Å²) in [7, 11) is 1.20. The molecule has 98 valence electrons. The van der Waals surface area contributed by atoms with Crippen LogP contribution < -0.4 is 0 Å². The topological polar surface area (TPSA) is 17.1 Å². The molecule has 1 heterocycles. The number of halogens is 1. The Bertz CT molecular complexity index is 429. The zero-order valence-corrected chi connectivity index (χ0v) is 12.8. The maximum atomic E-state index is 8.00. The van der Waals surface area contributed by atoms with E-state index in [1.54, 1.807) is 0 Å². The summed E-state index contributed by atoms with van der Waals surface area (Å²) in [6.07, 6.45) is 4.13. The van der Waals surface area contributed by atoms with Crippen LogP contribution in [0.3, 0.4) is 0 Å². The molecule has 1 aliphatic heterocycles. The number of carbonyl (C=O) groups excluding carboxylic acids is 1. The lowest BCUT2D eigenvalue weighted by molar-refractivity contribution is -0.0979. The first kappa shape index (κ1) is 14.0. The van der Waals surface area contributed by atoms with Crippen molar-refractivity contribution in [2.24, 2.45) is 5.41 Å². The first-order chi connectivity index (χ1) is 8.52. The van der Waals surface area contributed by atoms with Crippen LogP contribution in [-0.2, 0) is 11.2 Å². The smallest absolute Gasteiger partial charge is 0.106 e. The van der Waals surface area contributed by atoms with Crippen LogP contribution in [0.15, 0.2) is 24.3 Å². The minimum atomic E-state index is 0.602.